The summed E-state index contributed by atoms with van der Waals surface area (Å²) in [5.41, 5.74) is -3.24. The largest absolute Gasteiger partial charge is 0.462 e. The smallest absolute Gasteiger partial charge is 0.293 e. The van der Waals surface area contributed by atoms with E-state index in [1.54, 1.807) is 27.7 Å². The summed E-state index contributed by atoms with van der Waals surface area (Å²) in [6, 6.07) is 0. The molecular weight excluding hydrogens is 416 g/mol. The lowest BCUT2D eigenvalue weighted by Crippen LogP contribution is -2.86. The SMILES string of the molecule is COC1C(C2OCC2(C)OC=O)OC(C)C(OCC(C)OC=O)C12OCC2(C)OC=O. The molecule has 11 nitrogen and oxygen atoms in total. The fourth-order valence-corrected chi connectivity index (χ4v) is 4.83. The lowest BCUT2D eigenvalue weighted by atomic mass is 9.65. The van der Waals surface area contributed by atoms with Gasteiger partial charge in [-0.25, -0.2) is 0 Å². The molecule has 0 N–H and O–H groups in total. The van der Waals surface area contributed by atoms with Crippen molar-refractivity contribution in [1.82, 2.24) is 0 Å². The van der Waals surface area contributed by atoms with E-state index in [0.29, 0.717) is 19.4 Å². The van der Waals surface area contributed by atoms with E-state index in [9.17, 15) is 14.4 Å². The first-order valence-corrected chi connectivity index (χ1v) is 10.1. The molecule has 176 valence electrons. The van der Waals surface area contributed by atoms with E-state index in [1.165, 1.54) is 7.11 Å². The van der Waals surface area contributed by atoms with Crippen LogP contribution >= 0.6 is 0 Å². The number of methoxy groups -OCH3 is 1. The molecule has 3 saturated heterocycles. The number of ether oxygens (including phenoxy) is 8. The second kappa shape index (κ2) is 8.99. The third kappa shape index (κ3) is 3.72. The van der Waals surface area contributed by atoms with E-state index in [0.717, 1.165) is 0 Å². The van der Waals surface area contributed by atoms with E-state index in [-0.39, 0.29) is 19.8 Å². The summed E-state index contributed by atoms with van der Waals surface area (Å²) in [4.78, 5) is 32.9. The highest BCUT2D eigenvalue weighted by Gasteiger charge is 2.75. The lowest BCUT2D eigenvalue weighted by molar-refractivity contribution is -0.421. The maximum absolute atomic E-state index is 11.3. The van der Waals surface area contributed by atoms with Crippen molar-refractivity contribution in [2.45, 2.75) is 81.1 Å². The van der Waals surface area contributed by atoms with Gasteiger partial charge in [0.15, 0.2) is 16.8 Å². The van der Waals surface area contributed by atoms with Gasteiger partial charge in [0.2, 0.25) is 0 Å². The topological polar surface area (TPSA) is 125 Å². The average molecular weight is 446 g/mol. The van der Waals surface area contributed by atoms with Crippen molar-refractivity contribution in [3.8, 4) is 0 Å². The number of carbonyl (C=O) groups is 3. The van der Waals surface area contributed by atoms with E-state index >= 15 is 0 Å². The van der Waals surface area contributed by atoms with Gasteiger partial charge in [0, 0.05) is 7.11 Å². The molecule has 0 bridgehead atoms. The van der Waals surface area contributed by atoms with E-state index in [2.05, 4.69) is 0 Å². The Labute approximate surface area is 180 Å². The van der Waals surface area contributed by atoms with E-state index in [1.807, 2.05) is 0 Å². The van der Waals surface area contributed by atoms with Crippen LogP contribution in [0.25, 0.3) is 0 Å². The van der Waals surface area contributed by atoms with E-state index < -0.39 is 53.4 Å². The minimum absolute atomic E-state index is 0.0619. The van der Waals surface area contributed by atoms with Crippen LogP contribution in [0.15, 0.2) is 0 Å². The molecule has 1 spiro atoms. The Morgan fingerprint density at radius 1 is 1.06 bits per heavy atom. The van der Waals surface area contributed by atoms with Crippen LogP contribution in [0.4, 0.5) is 0 Å². The molecule has 3 rings (SSSR count). The quantitative estimate of drug-likeness (QED) is 0.308. The Morgan fingerprint density at radius 2 is 1.77 bits per heavy atom. The van der Waals surface area contributed by atoms with Gasteiger partial charge in [-0.05, 0) is 27.7 Å². The van der Waals surface area contributed by atoms with Gasteiger partial charge in [-0.2, -0.15) is 0 Å². The normalized spacial score (nSPS) is 45.0. The molecule has 0 saturated carbocycles. The van der Waals surface area contributed by atoms with Crippen LogP contribution in [0.2, 0.25) is 0 Å². The Kier molecular flexibility index (Phi) is 6.92. The highest BCUT2D eigenvalue weighted by molar-refractivity contribution is 5.41. The molecule has 3 aliphatic rings. The molecule has 0 aromatic rings. The number of hydrogen-bond acceptors (Lipinski definition) is 11. The second-order valence-corrected chi connectivity index (χ2v) is 8.54. The maximum atomic E-state index is 11.3. The summed E-state index contributed by atoms with van der Waals surface area (Å²) >= 11 is 0. The maximum Gasteiger partial charge on any atom is 0.293 e. The molecule has 0 radical (unpaired) electrons. The summed E-state index contributed by atoms with van der Waals surface area (Å²) < 4.78 is 45.6. The summed E-state index contributed by atoms with van der Waals surface area (Å²) in [6.45, 7) is 8.42. The number of carbonyl (C=O) groups excluding carboxylic acids is 3. The van der Waals surface area contributed by atoms with Crippen molar-refractivity contribution in [3.05, 3.63) is 0 Å². The van der Waals surface area contributed by atoms with Crippen molar-refractivity contribution in [2.75, 3.05) is 26.9 Å². The molecule has 9 atom stereocenters. The molecule has 0 amide bonds. The van der Waals surface area contributed by atoms with Crippen molar-refractivity contribution in [3.63, 3.8) is 0 Å². The predicted molar refractivity (Wildman–Crippen MR) is 101 cm³/mol. The summed E-state index contributed by atoms with van der Waals surface area (Å²) in [6.07, 6.45) is -3.95. The van der Waals surface area contributed by atoms with Gasteiger partial charge in [-0.15, -0.1) is 0 Å². The average Bonchev–Trinajstić information content (AvgIpc) is 2.71. The third-order valence-electron chi connectivity index (χ3n) is 6.48. The number of rotatable bonds is 11. The van der Waals surface area contributed by atoms with Gasteiger partial charge in [0.25, 0.3) is 19.4 Å². The number of hydrogen-bond donors (Lipinski definition) is 0. The Hall–Kier alpha value is -1.79. The third-order valence-corrected chi connectivity index (χ3v) is 6.48. The molecule has 0 aliphatic carbocycles. The zero-order valence-electron chi connectivity index (χ0n) is 18.3. The zero-order valence-corrected chi connectivity index (χ0v) is 18.3. The lowest BCUT2D eigenvalue weighted by Gasteiger charge is -2.66. The molecule has 31 heavy (non-hydrogen) atoms. The molecule has 0 aromatic heterocycles. The Balaban J connectivity index is 1.95. The van der Waals surface area contributed by atoms with Crippen molar-refractivity contribution in [2.24, 2.45) is 0 Å². The van der Waals surface area contributed by atoms with Crippen LogP contribution in [0, 0.1) is 0 Å². The van der Waals surface area contributed by atoms with Gasteiger partial charge in [0.05, 0.1) is 25.9 Å². The molecule has 11 heteroatoms. The Morgan fingerprint density at radius 3 is 2.26 bits per heavy atom. The fourth-order valence-electron chi connectivity index (χ4n) is 4.83. The van der Waals surface area contributed by atoms with Crippen LogP contribution in [0.5, 0.6) is 0 Å². The van der Waals surface area contributed by atoms with Crippen LogP contribution < -0.4 is 0 Å². The van der Waals surface area contributed by atoms with Crippen LogP contribution in [-0.4, -0.2) is 99.8 Å². The van der Waals surface area contributed by atoms with Gasteiger partial charge >= 0.3 is 0 Å². The van der Waals surface area contributed by atoms with Crippen LogP contribution in [0.1, 0.15) is 27.7 Å². The van der Waals surface area contributed by atoms with Gasteiger partial charge in [0.1, 0.15) is 30.5 Å². The van der Waals surface area contributed by atoms with Crippen LogP contribution in [-0.2, 0) is 52.3 Å². The van der Waals surface area contributed by atoms with Gasteiger partial charge in [-0.1, -0.05) is 0 Å². The highest BCUT2D eigenvalue weighted by atomic mass is 16.7. The molecule has 3 fully saturated rings. The van der Waals surface area contributed by atoms with Crippen molar-refractivity contribution < 1.29 is 52.3 Å². The first-order chi connectivity index (χ1) is 14.7. The predicted octanol–water partition coefficient (Wildman–Crippen LogP) is -0.233. The summed E-state index contributed by atoms with van der Waals surface area (Å²) in [5, 5.41) is 0. The highest BCUT2D eigenvalue weighted by Crippen LogP contribution is 2.53. The first-order valence-electron chi connectivity index (χ1n) is 10.1. The zero-order chi connectivity index (χ0) is 22.9. The van der Waals surface area contributed by atoms with Gasteiger partial charge in [-0.3, -0.25) is 14.4 Å². The molecular formula is C20H30O11. The molecule has 9 unspecified atom stereocenters. The van der Waals surface area contributed by atoms with Crippen molar-refractivity contribution in [1.29, 1.82) is 0 Å². The van der Waals surface area contributed by atoms with Crippen LogP contribution in [0.3, 0.4) is 0 Å². The standard InChI is InChI=1S/C20H30O11/c1-12(27-9-21)6-25-15-13(2)31-14(16-18(3,7-26-16)29-10-22)17(24-5)20(15)19(4,8-28-20)30-11-23/h9-17H,6-8H2,1-5H3. The molecule has 0 aromatic carbocycles. The fraction of sp³-hybridized carbons (Fsp3) is 0.850. The molecule has 3 aliphatic heterocycles. The monoisotopic (exact) mass is 446 g/mol. The second-order valence-electron chi connectivity index (χ2n) is 8.54. The Bertz CT molecular complexity index is 674. The van der Waals surface area contributed by atoms with Crippen molar-refractivity contribution >= 4 is 19.4 Å². The molecule has 3 heterocycles. The first kappa shape index (κ1) is 23.9. The minimum atomic E-state index is -1.24. The van der Waals surface area contributed by atoms with E-state index in [4.69, 9.17) is 37.9 Å². The summed E-state index contributed by atoms with van der Waals surface area (Å²) in [5.74, 6) is 0. The van der Waals surface area contributed by atoms with Gasteiger partial charge < -0.3 is 37.9 Å². The minimum Gasteiger partial charge on any atom is -0.462 e. The summed E-state index contributed by atoms with van der Waals surface area (Å²) in [7, 11) is 1.48.